The van der Waals surface area contributed by atoms with Crippen molar-refractivity contribution in [2.24, 2.45) is 5.73 Å². The summed E-state index contributed by atoms with van der Waals surface area (Å²) in [6.45, 7) is 6.68. The number of nitrogens with two attached hydrogens (primary N) is 1. The fraction of sp³-hybridized carbons (Fsp3) is 0.294. The van der Waals surface area contributed by atoms with Crippen LogP contribution in [0.3, 0.4) is 0 Å². The number of carbonyl (C=O) groups is 1. The van der Waals surface area contributed by atoms with Crippen molar-refractivity contribution < 1.29 is 4.79 Å². The van der Waals surface area contributed by atoms with Gasteiger partial charge < -0.3 is 11.1 Å². The maximum Gasteiger partial charge on any atom is 0.257 e. The first-order valence-corrected chi connectivity index (χ1v) is 6.96. The molecule has 21 heavy (non-hydrogen) atoms. The Bertz CT molecular complexity index is 633. The fourth-order valence-corrected chi connectivity index (χ4v) is 2.00. The minimum Gasteiger partial charge on any atom is -0.330 e. The SMILES string of the molecule is Cc1cncc(C(=O)Nc2ccc(C(C)(C)CN)cc2)c1. The molecule has 110 valence electrons. The molecule has 0 spiro atoms. The molecule has 0 aliphatic carbocycles. The summed E-state index contributed by atoms with van der Waals surface area (Å²) < 4.78 is 0. The van der Waals surface area contributed by atoms with E-state index < -0.39 is 0 Å². The Morgan fingerprint density at radius 3 is 2.48 bits per heavy atom. The largest absolute Gasteiger partial charge is 0.330 e. The van der Waals surface area contributed by atoms with Crippen LogP contribution in [0.2, 0.25) is 0 Å². The van der Waals surface area contributed by atoms with E-state index in [1.54, 1.807) is 12.4 Å². The highest BCUT2D eigenvalue weighted by atomic mass is 16.1. The number of benzene rings is 1. The number of aryl methyl sites for hydroxylation is 1. The van der Waals surface area contributed by atoms with E-state index in [-0.39, 0.29) is 11.3 Å². The number of anilines is 1. The first kappa shape index (κ1) is 15.2. The molecule has 2 aromatic rings. The van der Waals surface area contributed by atoms with E-state index in [1.807, 2.05) is 37.3 Å². The number of hydrogen-bond acceptors (Lipinski definition) is 3. The molecular formula is C17H21N3O. The zero-order valence-electron chi connectivity index (χ0n) is 12.7. The van der Waals surface area contributed by atoms with E-state index in [0.717, 1.165) is 16.8 Å². The fourth-order valence-electron chi connectivity index (χ4n) is 2.00. The van der Waals surface area contributed by atoms with Crippen molar-refractivity contribution in [3.63, 3.8) is 0 Å². The van der Waals surface area contributed by atoms with Gasteiger partial charge in [0.1, 0.15) is 0 Å². The van der Waals surface area contributed by atoms with Crippen LogP contribution in [0, 0.1) is 6.92 Å². The monoisotopic (exact) mass is 283 g/mol. The molecule has 1 aromatic heterocycles. The van der Waals surface area contributed by atoms with Crippen LogP contribution < -0.4 is 11.1 Å². The molecule has 1 aromatic carbocycles. The van der Waals surface area contributed by atoms with Gasteiger partial charge in [0.2, 0.25) is 0 Å². The normalized spacial score (nSPS) is 11.2. The van der Waals surface area contributed by atoms with Crippen LogP contribution in [0.25, 0.3) is 0 Å². The number of rotatable bonds is 4. The summed E-state index contributed by atoms with van der Waals surface area (Å²) in [6.07, 6.45) is 3.29. The molecule has 0 saturated carbocycles. The Hall–Kier alpha value is -2.20. The molecule has 1 amide bonds. The highest BCUT2D eigenvalue weighted by Crippen LogP contribution is 2.23. The third-order valence-corrected chi connectivity index (χ3v) is 3.57. The Morgan fingerprint density at radius 1 is 1.24 bits per heavy atom. The van der Waals surface area contributed by atoms with Crippen LogP contribution in [-0.2, 0) is 5.41 Å². The predicted molar refractivity (Wildman–Crippen MR) is 85.4 cm³/mol. The molecular weight excluding hydrogens is 262 g/mol. The molecule has 4 heteroatoms. The molecule has 0 aliphatic rings. The second-order valence-electron chi connectivity index (χ2n) is 5.87. The lowest BCUT2D eigenvalue weighted by Crippen LogP contribution is -2.27. The standard InChI is InChI=1S/C17H21N3O/c1-12-8-13(10-19-9-12)16(21)20-15-6-4-14(5-7-15)17(2,3)11-18/h4-10H,11,18H2,1-3H3,(H,20,21). The van der Waals surface area contributed by atoms with Gasteiger partial charge in [-0.05, 0) is 36.2 Å². The van der Waals surface area contributed by atoms with Crippen LogP contribution >= 0.6 is 0 Å². The molecule has 0 aliphatic heterocycles. The van der Waals surface area contributed by atoms with Crippen LogP contribution in [0.4, 0.5) is 5.69 Å². The molecule has 0 atom stereocenters. The summed E-state index contributed by atoms with van der Waals surface area (Å²) in [6, 6.07) is 9.60. The number of pyridine rings is 1. The lowest BCUT2D eigenvalue weighted by Gasteiger charge is -2.23. The minimum atomic E-state index is -0.156. The topological polar surface area (TPSA) is 68.0 Å². The summed E-state index contributed by atoms with van der Waals surface area (Å²) in [5, 5.41) is 2.87. The number of amides is 1. The number of nitrogens with one attached hydrogen (secondary N) is 1. The lowest BCUT2D eigenvalue weighted by molar-refractivity contribution is 0.102. The number of aromatic nitrogens is 1. The Kier molecular flexibility index (Phi) is 4.38. The van der Waals surface area contributed by atoms with Crippen LogP contribution in [0.15, 0.2) is 42.7 Å². The lowest BCUT2D eigenvalue weighted by atomic mass is 9.85. The second kappa shape index (κ2) is 6.06. The Balaban J connectivity index is 2.12. The van der Waals surface area contributed by atoms with Gasteiger partial charge in [-0.1, -0.05) is 26.0 Å². The van der Waals surface area contributed by atoms with E-state index in [0.29, 0.717) is 12.1 Å². The number of hydrogen-bond donors (Lipinski definition) is 2. The second-order valence-corrected chi connectivity index (χ2v) is 5.87. The minimum absolute atomic E-state index is 0.0665. The molecule has 0 saturated heterocycles. The summed E-state index contributed by atoms with van der Waals surface area (Å²) in [7, 11) is 0. The number of carbonyl (C=O) groups excluding carboxylic acids is 1. The van der Waals surface area contributed by atoms with Gasteiger partial charge in [-0.3, -0.25) is 9.78 Å². The average Bonchev–Trinajstić information content (AvgIpc) is 2.48. The van der Waals surface area contributed by atoms with Crippen molar-refractivity contribution in [1.82, 2.24) is 4.98 Å². The molecule has 4 nitrogen and oxygen atoms in total. The van der Waals surface area contributed by atoms with Gasteiger partial charge in [0.05, 0.1) is 5.56 Å². The van der Waals surface area contributed by atoms with Crippen molar-refractivity contribution in [2.75, 3.05) is 11.9 Å². The summed E-state index contributed by atoms with van der Waals surface area (Å²) in [5.41, 5.74) is 9.14. The highest BCUT2D eigenvalue weighted by molar-refractivity contribution is 6.04. The van der Waals surface area contributed by atoms with E-state index in [9.17, 15) is 4.79 Å². The Labute approximate surface area is 125 Å². The van der Waals surface area contributed by atoms with Gasteiger partial charge in [-0.25, -0.2) is 0 Å². The van der Waals surface area contributed by atoms with E-state index in [2.05, 4.69) is 24.1 Å². The highest BCUT2D eigenvalue weighted by Gasteiger charge is 2.18. The van der Waals surface area contributed by atoms with Gasteiger partial charge in [0.15, 0.2) is 0 Å². The zero-order chi connectivity index (χ0) is 15.5. The van der Waals surface area contributed by atoms with E-state index in [4.69, 9.17) is 5.73 Å². The third-order valence-electron chi connectivity index (χ3n) is 3.57. The van der Waals surface area contributed by atoms with Crippen LogP contribution in [-0.4, -0.2) is 17.4 Å². The maximum absolute atomic E-state index is 12.1. The maximum atomic E-state index is 12.1. The molecule has 1 heterocycles. The predicted octanol–water partition coefficient (Wildman–Crippen LogP) is 2.88. The first-order valence-electron chi connectivity index (χ1n) is 6.96. The summed E-state index contributed by atoms with van der Waals surface area (Å²) >= 11 is 0. The van der Waals surface area contributed by atoms with Crippen molar-refractivity contribution in [3.05, 3.63) is 59.4 Å². The van der Waals surface area contributed by atoms with Gasteiger partial charge >= 0.3 is 0 Å². The smallest absolute Gasteiger partial charge is 0.257 e. The van der Waals surface area contributed by atoms with Crippen molar-refractivity contribution in [1.29, 1.82) is 0 Å². The van der Waals surface area contributed by atoms with E-state index in [1.165, 1.54) is 0 Å². The molecule has 2 rings (SSSR count). The van der Waals surface area contributed by atoms with Gasteiger partial charge in [-0.2, -0.15) is 0 Å². The average molecular weight is 283 g/mol. The third kappa shape index (κ3) is 3.67. The van der Waals surface area contributed by atoms with Crippen molar-refractivity contribution >= 4 is 11.6 Å². The zero-order valence-corrected chi connectivity index (χ0v) is 12.7. The summed E-state index contributed by atoms with van der Waals surface area (Å²) in [4.78, 5) is 16.2. The van der Waals surface area contributed by atoms with Crippen molar-refractivity contribution in [3.8, 4) is 0 Å². The number of nitrogens with zero attached hydrogens (tertiary/aromatic N) is 1. The molecule has 0 bridgehead atoms. The van der Waals surface area contributed by atoms with Gasteiger partial charge in [-0.15, -0.1) is 0 Å². The Morgan fingerprint density at radius 2 is 1.90 bits per heavy atom. The molecule has 0 fully saturated rings. The van der Waals surface area contributed by atoms with Crippen molar-refractivity contribution in [2.45, 2.75) is 26.2 Å². The first-order chi connectivity index (χ1) is 9.92. The molecule has 0 unspecified atom stereocenters. The summed E-state index contributed by atoms with van der Waals surface area (Å²) in [5.74, 6) is -0.156. The van der Waals surface area contributed by atoms with Gasteiger partial charge in [0, 0.05) is 30.0 Å². The van der Waals surface area contributed by atoms with Crippen LogP contribution in [0.1, 0.15) is 35.3 Å². The molecule has 3 N–H and O–H groups in total. The van der Waals surface area contributed by atoms with Gasteiger partial charge in [0.25, 0.3) is 5.91 Å². The van der Waals surface area contributed by atoms with E-state index >= 15 is 0 Å². The quantitative estimate of drug-likeness (QED) is 0.906. The van der Waals surface area contributed by atoms with Crippen LogP contribution in [0.5, 0.6) is 0 Å². The molecule has 0 radical (unpaired) electrons.